The second-order valence-electron chi connectivity index (χ2n) is 4.23. The predicted octanol–water partition coefficient (Wildman–Crippen LogP) is 2.09. The third-order valence-electron chi connectivity index (χ3n) is 3.12. The van der Waals surface area contributed by atoms with E-state index in [0.29, 0.717) is 6.54 Å². The standard InChI is InChI=1S/C14H14N4/c1-18-9-11(10-4-2-3-5-13(10)18)14-12(8-15)16-6-7-17-14/h2-7,9H,8,15H2,1H3. The summed E-state index contributed by atoms with van der Waals surface area (Å²) in [7, 11) is 2.03. The van der Waals surface area contributed by atoms with Crippen molar-refractivity contribution in [3.8, 4) is 11.3 Å². The maximum atomic E-state index is 5.73. The Kier molecular flexibility index (Phi) is 2.57. The van der Waals surface area contributed by atoms with Crippen molar-refractivity contribution in [3.05, 3.63) is 48.5 Å². The minimum absolute atomic E-state index is 0.395. The molecule has 0 radical (unpaired) electrons. The van der Waals surface area contributed by atoms with Gasteiger partial charge in [-0.2, -0.15) is 0 Å². The van der Waals surface area contributed by atoms with Crippen LogP contribution in [0.2, 0.25) is 0 Å². The SMILES string of the molecule is Cn1cc(-c2nccnc2CN)c2ccccc21. The lowest BCUT2D eigenvalue weighted by Crippen LogP contribution is -2.03. The number of rotatable bonds is 2. The topological polar surface area (TPSA) is 56.7 Å². The monoisotopic (exact) mass is 238 g/mol. The first-order valence-corrected chi connectivity index (χ1v) is 5.85. The van der Waals surface area contributed by atoms with Crippen LogP contribution >= 0.6 is 0 Å². The summed E-state index contributed by atoms with van der Waals surface area (Å²) in [6.45, 7) is 0.395. The minimum atomic E-state index is 0.395. The van der Waals surface area contributed by atoms with Crippen molar-refractivity contribution in [2.45, 2.75) is 6.54 Å². The summed E-state index contributed by atoms with van der Waals surface area (Å²) in [5.41, 5.74) is 9.70. The van der Waals surface area contributed by atoms with Crippen LogP contribution in [0.3, 0.4) is 0 Å². The zero-order chi connectivity index (χ0) is 12.5. The van der Waals surface area contributed by atoms with Crippen molar-refractivity contribution in [1.82, 2.24) is 14.5 Å². The Morgan fingerprint density at radius 3 is 2.78 bits per heavy atom. The lowest BCUT2D eigenvalue weighted by Gasteiger charge is -2.03. The van der Waals surface area contributed by atoms with Crippen LogP contribution in [0.25, 0.3) is 22.2 Å². The van der Waals surface area contributed by atoms with Crippen LogP contribution < -0.4 is 5.73 Å². The normalized spacial score (nSPS) is 11.0. The van der Waals surface area contributed by atoms with Gasteiger partial charge in [-0.3, -0.25) is 9.97 Å². The molecule has 0 aliphatic carbocycles. The molecule has 2 aromatic heterocycles. The van der Waals surface area contributed by atoms with Crippen molar-refractivity contribution in [2.75, 3.05) is 0 Å². The number of hydrogen-bond donors (Lipinski definition) is 1. The Balaban J connectivity index is 2.32. The van der Waals surface area contributed by atoms with Gasteiger partial charge in [-0.1, -0.05) is 18.2 Å². The van der Waals surface area contributed by atoms with Crippen molar-refractivity contribution < 1.29 is 0 Å². The lowest BCUT2D eigenvalue weighted by molar-refractivity contribution is 0.956. The van der Waals surface area contributed by atoms with E-state index in [0.717, 1.165) is 17.0 Å². The second-order valence-corrected chi connectivity index (χ2v) is 4.23. The van der Waals surface area contributed by atoms with E-state index in [9.17, 15) is 0 Å². The van der Waals surface area contributed by atoms with Gasteiger partial charge in [0.25, 0.3) is 0 Å². The van der Waals surface area contributed by atoms with E-state index in [1.54, 1.807) is 12.4 Å². The highest BCUT2D eigenvalue weighted by Gasteiger charge is 2.12. The number of para-hydroxylation sites is 1. The fourth-order valence-corrected chi connectivity index (χ4v) is 2.27. The molecule has 3 aromatic rings. The van der Waals surface area contributed by atoms with Gasteiger partial charge in [0, 0.05) is 48.6 Å². The second kappa shape index (κ2) is 4.23. The number of aryl methyl sites for hydroxylation is 1. The van der Waals surface area contributed by atoms with Crippen LogP contribution in [0, 0.1) is 0 Å². The molecule has 0 amide bonds. The van der Waals surface area contributed by atoms with E-state index < -0.39 is 0 Å². The summed E-state index contributed by atoms with van der Waals surface area (Å²) >= 11 is 0. The summed E-state index contributed by atoms with van der Waals surface area (Å²) in [5.74, 6) is 0. The van der Waals surface area contributed by atoms with Gasteiger partial charge >= 0.3 is 0 Å². The molecule has 90 valence electrons. The van der Waals surface area contributed by atoms with E-state index in [-0.39, 0.29) is 0 Å². The molecule has 0 aliphatic heterocycles. The summed E-state index contributed by atoms with van der Waals surface area (Å²) < 4.78 is 2.10. The molecule has 0 fully saturated rings. The van der Waals surface area contributed by atoms with Crippen LogP contribution in [-0.4, -0.2) is 14.5 Å². The average Bonchev–Trinajstić information content (AvgIpc) is 2.77. The fraction of sp³-hybridized carbons (Fsp3) is 0.143. The smallest absolute Gasteiger partial charge is 0.0952 e. The molecular formula is C14H14N4. The summed E-state index contributed by atoms with van der Waals surface area (Å²) in [6.07, 6.45) is 5.46. The van der Waals surface area contributed by atoms with E-state index in [2.05, 4.69) is 32.9 Å². The van der Waals surface area contributed by atoms with E-state index in [1.165, 1.54) is 10.9 Å². The molecule has 4 heteroatoms. The third-order valence-corrected chi connectivity index (χ3v) is 3.12. The number of hydrogen-bond acceptors (Lipinski definition) is 3. The zero-order valence-corrected chi connectivity index (χ0v) is 10.2. The van der Waals surface area contributed by atoms with Gasteiger partial charge in [0.1, 0.15) is 0 Å². The maximum absolute atomic E-state index is 5.73. The molecule has 4 nitrogen and oxygen atoms in total. The van der Waals surface area contributed by atoms with Crippen LogP contribution in [0.15, 0.2) is 42.9 Å². The molecule has 2 N–H and O–H groups in total. The lowest BCUT2D eigenvalue weighted by atomic mass is 10.1. The van der Waals surface area contributed by atoms with Crippen molar-refractivity contribution in [2.24, 2.45) is 12.8 Å². The van der Waals surface area contributed by atoms with Gasteiger partial charge in [-0.05, 0) is 6.07 Å². The molecule has 18 heavy (non-hydrogen) atoms. The molecule has 0 spiro atoms. The number of benzene rings is 1. The van der Waals surface area contributed by atoms with E-state index >= 15 is 0 Å². The Morgan fingerprint density at radius 2 is 1.94 bits per heavy atom. The Bertz CT molecular complexity index is 700. The van der Waals surface area contributed by atoms with Crippen LogP contribution in [0.5, 0.6) is 0 Å². The van der Waals surface area contributed by atoms with E-state index in [1.807, 2.05) is 19.2 Å². The van der Waals surface area contributed by atoms with Gasteiger partial charge in [0.15, 0.2) is 0 Å². The molecule has 0 bridgehead atoms. The molecule has 0 unspecified atom stereocenters. The number of aromatic nitrogens is 3. The van der Waals surface area contributed by atoms with Gasteiger partial charge in [-0.25, -0.2) is 0 Å². The number of fused-ring (bicyclic) bond motifs is 1. The van der Waals surface area contributed by atoms with Crippen molar-refractivity contribution in [1.29, 1.82) is 0 Å². The summed E-state index contributed by atoms with van der Waals surface area (Å²) in [4.78, 5) is 8.72. The molecule has 0 saturated heterocycles. The molecule has 2 heterocycles. The molecule has 0 atom stereocenters. The Hall–Kier alpha value is -2.20. The van der Waals surface area contributed by atoms with Gasteiger partial charge in [0.05, 0.1) is 11.4 Å². The molecular weight excluding hydrogens is 224 g/mol. The predicted molar refractivity (Wildman–Crippen MR) is 71.8 cm³/mol. The van der Waals surface area contributed by atoms with Gasteiger partial charge in [-0.15, -0.1) is 0 Å². The molecule has 0 saturated carbocycles. The van der Waals surface area contributed by atoms with Crippen molar-refractivity contribution in [3.63, 3.8) is 0 Å². The van der Waals surface area contributed by atoms with Gasteiger partial charge < -0.3 is 10.3 Å². The number of nitrogens with zero attached hydrogens (tertiary/aromatic N) is 3. The quantitative estimate of drug-likeness (QED) is 0.743. The highest BCUT2D eigenvalue weighted by atomic mass is 14.9. The highest BCUT2D eigenvalue weighted by Crippen LogP contribution is 2.29. The van der Waals surface area contributed by atoms with Crippen molar-refractivity contribution >= 4 is 10.9 Å². The highest BCUT2D eigenvalue weighted by molar-refractivity contribution is 5.95. The molecule has 1 aromatic carbocycles. The first-order valence-electron chi connectivity index (χ1n) is 5.85. The molecule has 0 aliphatic rings. The maximum Gasteiger partial charge on any atom is 0.0952 e. The molecule has 3 rings (SSSR count). The average molecular weight is 238 g/mol. The third kappa shape index (κ3) is 1.58. The Morgan fingerprint density at radius 1 is 1.17 bits per heavy atom. The first kappa shape index (κ1) is 10.9. The van der Waals surface area contributed by atoms with Crippen LogP contribution in [0.4, 0.5) is 0 Å². The van der Waals surface area contributed by atoms with Crippen LogP contribution in [0.1, 0.15) is 5.69 Å². The zero-order valence-electron chi connectivity index (χ0n) is 10.2. The number of nitrogens with two attached hydrogens (primary N) is 1. The van der Waals surface area contributed by atoms with Gasteiger partial charge in [0.2, 0.25) is 0 Å². The largest absolute Gasteiger partial charge is 0.350 e. The first-order chi connectivity index (χ1) is 8.81. The Labute approximate surface area is 105 Å². The van der Waals surface area contributed by atoms with Crippen LogP contribution in [-0.2, 0) is 13.6 Å². The summed E-state index contributed by atoms with van der Waals surface area (Å²) in [6, 6.07) is 8.26. The summed E-state index contributed by atoms with van der Waals surface area (Å²) in [5, 5.41) is 1.18. The van der Waals surface area contributed by atoms with E-state index in [4.69, 9.17) is 5.73 Å². The fourth-order valence-electron chi connectivity index (χ4n) is 2.27. The minimum Gasteiger partial charge on any atom is -0.350 e.